The van der Waals surface area contributed by atoms with Crippen molar-refractivity contribution < 1.29 is 4.74 Å². The fourth-order valence-corrected chi connectivity index (χ4v) is 4.16. The fourth-order valence-electron chi connectivity index (χ4n) is 3.90. The van der Waals surface area contributed by atoms with Gasteiger partial charge in [-0.3, -0.25) is 4.98 Å². The van der Waals surface area contributed by atoms with Gasteiger partial charge in [0.05, 0.1) is 23.3 Å². The standard InChI is InChI=1S/C23H21BrN5O/c1-28-22-7-6-20(30-19-9-12-25-13-10-19)14-21(22)27-23(28)29(18-8-11-26-15-18)17-4-2-16(24)3-5-17/h2-7,9-10,12,14,18,26H,8,11,15H2,1H3/t18-/m0/s1. The number of anilines is 2. The Bertz CT molecular complexity index is 1150. The molecule has 3 heterocycles. The van der Waals surface area contributed by atoms with E-state index in [4.69, 9.17) is 9.72 Å². The molecule has 1 aliphatic heterocycles. The van der Waals surface area contributed by atoms with Gasteiger partial charge in [-0.05, 0) is 55.4 Å². The van der Waals surface area contributed by atoms with E-state index in [0.717, 1.165) is 52.4 Å². The molecule has 1 aliphatic rings. The number of ether oxygens (including phenoxy) is 1. The van der Waals surface area contributed by atoms with Gasteiger partial charge >= 0.3 is 0 Å². The molecule has 0 saturated carbocycles. The zero-order valence-corrected chi connectivity index (χ0v) is 18.1. The van der Waals surface area contributed by atoms with Crippen LogP contribution in [0, 0.1) is 6.20 Å². The first kappa shape index (κ1) is 19.1. The Labute approximate surface area is 183 Å². The van der Waals surface area contributed by atoms with Gasteiger partial charge in [0, 0.05) is 42.1 Å². The van der Waals surface area contributed by atoms with Crippen molar-refractivity contribution in [3.8, 4) is 11.5 Å². The van der Waals surface area contributed by atoms with Crippen molar-refractivity contribution in [2.75, 3.05) is 18.0 Å². The summed E-state index contributed by atoms with van der Waals surface area (Å²) in [5, 5.41) is 3.48. The largest absolute Gasteiger partial charge is 0.457 e. The lowest BCUT2D eigenvalue weighted by molar-refractivity contribution is 0.482. The number of nitrogens with one attached hydrogen (secondary N) is 1. The molecule has 1 atom stereocenters. The van der Waals surface area contributed by atoms with Crippen LogP contribution in [0.5, 0.6) is 11.5 Å². The summed E-state index contributed by atoms with van der Waals surface area (Å²) in [6.45, 7) is 1.95. The van der Waals surface area contributed by atoms with Crippen molar-refractivity contribution in [3.63, 3.8) is 0 Å². The minimum Gasteiger partial charge on any atom is -0.457 e. The number of benzene rings is 2. The molecule has 1 fully saturated rings. The van der Waals surface area contributed by atoms with Gasteiger partial charge in [-0.15, -0.1) is 0 Å². The highest BCUT2D eigenvalue weighted by atomic mass is 79.9. The summed E-state index contributed by atoms with van der Waals surface area (Å²) in [5.41, 5.74) is 3.09. The summed E-state index contributed by atoms with van der Waals surface area (Å²) in [4.78, 5) is 11.3. The second-order valence-electron chi connectivity index (χ2n) is 7.34. The Morgan fingerprint density at radius 1 is 1.17 bits per heavy atom. The van der Waals surface area contributed by atoms with Gasteiger partial charge in [0.2, 0.25) is 5.95 Å². The first-order valence-corrected chi connectivity index (χ1v) is 10.7. The maximum absolute atomic E-state index is 5.94. The monoisotopic (exact) mass is 462 g/mol. The number of imidazole rings is 1. The second kappa shape index (κ2) is 8.08. The Kier molecular flexibility index (Phi) is 5.14. The number of hydrogen-bond acceptors (Lipinski definition) is 5. The van der Waals surface area contributed by atoms with E-state index in [1.807, 2.05) is 18.2 Å². The smallest absolute Gasteiger partial charge is 0.211 e. The van der Waals surface area contributed by atoms with Crippen molar-refractivity contribution in [1.29, 1.82) is 0 Å². The molecule has 0 aliphatic carbocycles. The van der Waals surface area contributed by atoms with E-state index in [1.54, 1.807) is 12.3 Å². The van der Waals surface area contributed by atoms with Gasteiger partial charge in [-0.1, -0.05) is 15.9 Å². The van der Waals surface area contributed by atoms with Gasteiger partial charge in [0.25, 0.3) is 0 Å². The van der Waals surface area contributed by atoms with Gasteiger partial charge in [-0.2, -0.15) is 0 Å². The molecule has 7 heteroatoms. The molecule has 0 spiro atoms. The van der Waals surface area contributed by atoms with Crippen LogP contribution in [0.1, 0.15) is 6.42 Å². The maximum atomic E-state index is 5.94. The van der Waals surface area contributed by atoms with Crippen LogP contribution in [0.15, 0.2) is 65.3 Å². The summed E-state index contributed by atoms with van der Waals surface area (Å²) in [6, 6.07) is 18.3. The predicted octanol–water partition coefficient (Wildman–Crippen LogP) is 4.82. The highest BCUT2D eigenvalue weighted by Crippen LogP contribution is 2.34. The molecule has 1 N–H and O–H groups in total. The van der Waals surface area contributed by atoms with E-state index in [0.29, 0.717) is 11.8 Å². The van der Waals surface area contributed by atoms with Crippen LogP contribution < -0.4 is 15.0 Å². The highest BCUT2D eigenvalue weighted by Gasteiger charge is 2.27. The van der Waals surface area contributed by atoms with Crippen LogP contribution in [0.3, 0.4) is 0 Å². The third-order valence-electron chi connectivity index (χ3n) is 5.38. The van der Waals surface area contributed by atoms with E-state index >= 15 is 0 Å². The minimum atomic E-state index is 0.352. The number of pyridine rings is 1. The average Bonchev–Trinajstić information content (AvgIpc) is 3.40. The van der Waals surface area contributed by atoms with Gasteiger partial charge in [0.1, 0.15) is 11.5 Å². The second-order valence-corrected chi connectivity index (χ2v) is 8.25. The highest BCUT2D eigenvalue weighted by molar-refractivity contribution is 9.10. The molecule has 4 aromatic rings. The zero-order chi connectivity index (χ0) is 20.5. The Balaban J connectivity index is 1.55. The number of aromatic nitrogens is 3. The molecular formula is C23H21BrN5O. The number of halogens is 1. The first-order valence-electron chi connectivity index (χ1n) is 9.91. The quantitative estimate of drug-likeness (QED) is 0.460. The minimum absolute atomic E-state index is 0.352. The molecule has 0 unspecified atom stereocenters. The average molecular weight is 463 g/mol. The van der Waals surface area contributed by atoms with Crippen molar-refractivity contribution in [2.45, 2.75) is 12.5 Å². The van der Waals surface area contributed by atoms with Crippen LogP contribution in [0.2, 0.25) is 0 Å². The van der Waals surface area contributed by atoms with E-state index in [2.05, 4.69) is 79.3 Å². The molecule has 6 nitrogen and oxygen atoms in total. The first-order chi connectivity index (χ1) is 14.7. The Morgan fingerprint density at radius 2 is 2.03 bits per heavy atom. The van der Waals surface area contributed by atoms with Gasteiger partial charge in [0.15, 0.2) is 0 Å². The van der Waals surface area contributed by atoms with Crippen LogP contribution in [0.4, 0.5) is 11.6 Å². The molecular weight excluding hydrogens is 442 g/mol. The van der Waals surface area contributed by atoms with Crippen molar-refractivity contribution in [2.24, 2.45) is 7.05 Å². The van der Waals surface area contributed by atoms with E-state index in [9.17, 15) is 0 Å². The number of fused-ring (bicyclic) bond motifs is 1. The predicted molar refractivity (Wildman–Crippen MR) is 121 cm³/mol. The molecule has 0 bridgehead atoms. The number of rotatable bonds is 5. The summed E-state index contributed by atoms with van der Waals surface area (Å²) in [7, 11) is 2.07. The van der Waals surface area contributed by atoms with Crippen LogP contribution in [-0.4, -0.2) is 33.7 Å². The lowest BCUT2D eigenvalue weighted by atomic mass is 10.2. The number of hydrogen-bond donors (Lipinski definition) is 1. The lowest BCUT2D eigenvalue weighted by Crippen LogP contribution is -2.34. The summed E-state index contributed by atoms with van der Waals surface area (Å²) in [6.07, 6.45) is 5.53. The van der Waals surface area contributed by atoms with Crippen molar-refractivity contribution in [1.82, 2.24) is 19.9 Å². The van der Waals surface area contributed by atoms with E-state index in [-0.39, 0.29) is 0 Å². The summed E-state index contributed by atoms with van der Waals surface area (Å²) in [5.74, 6) is 2.37. The third-order valence-corrected chi connectivity index (χ3v) is 5.91. The Morgan fingerprint density at radius 3 is 2.77 bits per heavy atom. The summed E-state index contributed by atoms with van der Waals surface area (Å²) < 4.78 is 9.16. The molecule has 1 saturated heterocycles. The lowest BCUT2D eigenvalue weighted by Gasteiger charge is -2.29. The van der Waals surface area contributed by atoms with Crippen molar-refractivity contribution in [3.05, 3.63) is 71.5 Å². The number of nitrogens with zero attached hydrogens (tertiary/aromatic N) is 4. The van der Waals surface area contributed by atoms with Crippen LogP contribution in [0.25, 0.3) is 11.0 Å². The zero-order valence-electron chi connectivity index (χ0n) is 16.5. The molecule has 2 aromatic carbocycles. The van der Waals surface area contributed by atoms with Crippen LogP contribution in [-0.2, 0) is 7.05 Å². The van der Waals surface area contributed by atoms with Gasteiger partial charge < -0.3 is 19.5 Å². The van der Waals surface area contributed by atoms with Crippen LogP contribution >= 0.6 is 15.9 Å². The van der Waals surface area contributed by atoms with Gasteiger partial charge in [-0.25, -0.2) is 4.98 Å². The normalized spacial score (nSPS) is 16.1. The number of aryl methyl sites for hydroxylation is 1. The summed E-state index contributed by atoms with van der Waals surface area (Å²) >= 11 is 3.54. The van der Waals surface area contributed by atoms with Crippen molar-refractivity contribution >= 4 is 38.6 Å². The maximum Gasteiger partial charge on any atom is 0.211 e. The van der Waals surface area contributed by atoms with E-state index in [1.165, 1.54) is 0 Å². The molecule has 2 aromatic heterocycles. The SMILES string of the molecule is Cn1c(N(c2ccc(Br)cc2)[C@H]2CCNC2)nc2cc(Oc3c[c]ncc3)ccc21. The fraction of sp³-hybridized carbons (Fsp3) is 0.217. The molecule has 5 rings (SSSR count). The van der Waals surface area contributed by atoms with E-state index < -0.39 is 0 Å². The molecule has 30 heavy (non-hydrogen) atoms. The third kappa shape index (κ3) is 3.66. The molecule has 1 radical (unpaired) electrons. The molecule has 151 valence electrons. The molecule has 0 amide bonds. The Hall–Kier alpha value is -2.90. The topological polar surface area (TPSA) is 55.2 Å².